The number of rotatable bonds is 3. The number of carbonyl (C=O) groups is 1. The molecular formula is C15H18BrN3O. The van der Waals surface area contributed by atoms with E-state index >= 15 is 0 Å². The molecule has 0 radical (unpaired) electrons. The molecule has 1 aromatic carbocycles. The summed E-state index contributed by atoms with van der Waals surface area (Å²) in [5.41, 5.74) is 1.71. The molecule has 106 valence electrons. The van der Waals surface area contributed by atoms with Gasteiger partial charge in [-0.3, -0.25) is 9.69 Å². The molecule has 4 nitrogen and oxygen atoms in total. The number of piperazine rings is 1. The molecule has 2 heterocycles. The summed E-state index contributed by atoms with van der Waals surface area (Å²) in [5, 5.41) is 1.07. The van der Waals surface area contributed by atoms with Gasteiger partial charge in [-0.05, 0) is 25.2 Å². The van der Waals surface area contributed by atoms with Crippen molar-refractivity contribution in [1.82, 2.24) is 14.8 Å². The van der Waals surface area contributed by atoms with E-state index in [0.717, 1.165) is 47.1 Å². The van der Waals surface area contributed by atoms with Gasteiger partial charge in [-0.25, -0.2) is 0 Å². The minimum atomic E-state index is 0.184. The number of Topliss-reactive ketones (excluding diaryl/α,β-unsaturated/α-hetero) is 1. The van der Waals surface area contributed by atoms with Crippen molar-refractivity contribution in [1.29, 1.82) is 0 Å². The molecule has 20 heavy (non-hydrogen) atoms. The Kier molecular flexibility index (Phi) is 3.92. The Balaban J connectivity index is 1.80. The van der Waals surface area contributed by atoms with E-state index < -0.39 is 0 Å². The number of benzene rings is 1. The Morgan fingerprint density at radius 3 is 2.80 bits per heavy atom. The highest BCUT2D eigenvalue weighted by Gasteiger charge is 2.19. The average molecular weight is 336 g/mol. The number of ketones is 1. The van der Waals surface area contributed by atoms with Crippen LogP contribution in [-0.2, 0) is 0 Å². The fourth-order valence-corrected chi connectivity index (χ4v) is 3.12. The lowest BCUT2D eigenvalue weighted by Gasteiger charge is -2.31. The Morgan fingerprint density at radius 2 is 2.05 bits per heavy atom. The van der Waals surface area contributed by atoms with Crippen molar-refractivity contribution >= 4 is 32.6 Å². The van der Waals surface area contributed by atoms with Gasteiger partial charge in [0.25, 0.3) is 0 Å². The van der Waals surface area contributed by atoms with Crippen molar-refractivity contribution in [3.63, 3.8) is 0 Å². The molecule has 0 spiro atoms. The molecule has 1 aliphatic heterocycles. The highest BCUT2D eigenvalue weighted by atomic mass is 79.9. The number of nitrogens with one attached hydrogen (secondary N) is 1. The van der Waals surface area contributed by atoms with E-state index in [2.05, 4.69) is 37.8 Å². The fourth-order valence-electron chi connectivity index (χ4n) is 2.65. The maximum Gasteiger partial charge on any atom is 0.178 e. The number of halogens is 1. The molecular weight excluding hydrogens is 318 g/mol. The lowest BCUT2D eigenvalue weighted by molar-refractivity contribution is 0.0878. The van der Waals surface area contributed by atoms with Crippen LogP contribution in [0.25, 0.3) is 10.9 Å². The lowest BCUT2D eigenvalue weighted by Crippen LogP contribution is -2.46. The molecule has 1 fully saturated rings. The van der Waals surface area contributed by atoms with Crippen LogP contribution >= 0.6 is 15.9 Å². The van der Waals surface area contributed by atoms with Gasteiger partial charge in [0.15, 0.2) is 5.78 Å². The highest BCUT2D eigenvalue weighted by molar-refractivity contribution is 9.10. The number of likely N-dealkylation sites (N-methyl/N-ethyl adjacent to an activating group) is 1. The van der Waals surface area contributed by atoms with E-state index in [4.69, 9.17) is 0 Å². The number of hydrogen-bond donors (Lipinski definition) is 1. The van der Waals surface area contributed by atoms with Gasteiger partial charge >= 0.3 is 0 Å². The molecule has 1 aliphatic rings. The number of aromatic amines is 1. The second-order valence-electron chi connectivity index (χ2n) is 5.40. The maximum atomic E-state index is 12.6. The zero-order chi connectivity index (χ0) is 14.1. The summed E-state index contributed by atoms with van der Waals surface area (Å²) in [7, 11) is 2.12. The van der Waals surface area contributed by atoms with Crippen molar-refractivity contribution in [3.8, 4) is 0 Å². The van der Waals surface area contributed by atoms with Crippen LogP contribution in [0.3, 0.4) is 0 Å². The van der Waals surface area contributed by atoms with Gasteiger partial charge in [0.2, 0.25) is 0 Å². The number of hydrogen-bond acceptors (Lipinski definition) is 3. The van der Waals surface area contributed by atoms with Crippen LogP contribution in [0.2, 0.25) is 0 Å². The van der Waals surface area contributed by atoms with Crippen molar-refractivity contribution in [2.45, 2.75) is 0 Å². The Labute approximate surface area is 126 Å². The Morgan fingerprint density at radius 1 is 1.30 bits per heavy atom. The van der Waals surface area contributed by atoms with E-state index in [9.17, 15) is 4.79 Å². The standard InChI is InChI=1S/C15H18BrN3O/c1-18-4-6-19(7-5-18)10-14(20)13-9-12(16)8-11-2-3-17-15(11)13/h2-3,8-9,17H,4-7,10H2,1H3. The molecule has 0 unspecified atom stereocenters. The first-order valence-corrected chi connectivity index (χ1v) is 7.63. The van der Waals surface area contributed by atoms with Gasteiger partial charge in [-0.1, -0.05) is 15.9 Å². The third-order valence-corrected chi connectivity index (χ3v) is 4.35. The molecule has 1 N–H and O–H groups in total. The van der Waals surface area contributed by atoms with Crippen molar-refractivity contribution in [2.75, 3.05) is 39.8 Å². The van der Waals surface area contributed by atoms with Crippen LogP contribution in [0, 0.1) is 0 Å². The van der Waals surface area contributed by atoms with Gasteiger partial charge in [-0.15, -0.1) is 0 Å². The largest absolute Gasteiger partial charge is 0.361 e. The number of aromatic nitrogens is 1. The van der Waals surface area contributed by atoms with Crippen molar-refractivity contribution in [2.24, 2.45) is 0 Å². The van der Waals surface area contributed by atoms with Gasteiger partial charge in [0, 0.05) is 47.8 Å². The Bertz CT molecular complexity index is 629. The molecule has 1 saturated heterocycles. The number of H-pyrrole nitrogens is 1. The third kappa shape index (κ3) is 2.80. The molecule has 0 bridgehead atoms. The number of fused-ring (bicyclic) bond motifs is 1. The summed E-state index contributed by atoms with van der Waals surface area (Å²) < 4.78 is 0.950. The number of nitrogens with zero attached hydrogens (tertiary/aromatic N) is 2. The van der Waals surface area contributed by atoms with E-state index in [1.807, 2.05) is 24.4 Å². The average Bonchev–Trinajstić information content (AvgIpc) is 2.88. The molecule has 0 aliphatic carbocycles. The van der Waals surface area contributed by atoms with Crippen LogP contribution in [-0.4, -0.2) is 60.3 Å². The van der Waals surface area contributed by atoms with Crippen molar-refractivity contribution in [3.05, 3.63) is 34.4 Å². The summed E-state index contributed by atoms with van der Waals surface area (Å²) in [6, 6.07) is 5.93. The molecule has 0 saturated carbocycles. The SMILES string of the molecule is CN1CCN(CC(=O)c2cc(Br)cc3cc[nH]c23)CC1. The monoisotopic (exact) mass is 335 g/mol. The first-order valence-electron chi connectivity index (χ1n) is 6.84. The maximum absolute atomic E-state index is 12.6. The summed E-state index contributed by atoms with van der Waals surface area (Å²) in [5.74, 6) is 0.184. The molecule has 1 aromatic heterocycles. The van der Waals surface area contributed by atoms with Crippen molar-refractivity contribution < 1.29 is 4.79 Å². The van der Waals surface area contributed by atoms with Crippen LogP contribution in [0.15, 0.2) is 28.9 Å². The van der Waals surface area contributed by atoms with E-state index in [1.165, 1.54) is 0 Å². The molecule has 3 rings (SSSR count). The second-order valence-corrected chi connectivity index (χ2v) is 6.31. The smallest absolute Gasteiger partial charge is 0.178 e. The quantitative estimate of drug-likeness (QED) is 0.875. The second kappa shape index (κ2) is 5.68. The van der Waals surface area contributed by atoms with Crippen LogP contribution in [0.5, 0.6) is 0 Å². The van der Waals surface area contributed by atoms with Gasteiger partial charge < -0.3 is 9.88 Å². The zero-order valence-electron chi connectivity index (χ0n) is 11.5. The number of carbonyl (C=O) groups excluding carboxylic acids is 1. The minimum absolute atomic E-state index is 0.184. The summed E-state index contributed by atoms with van der Waals surface area (Å²) in [6.07, 6.45) is 1.88. The highest BCUT2D eigenvalue weighted by Crippen LogP contribution is 2.24. The predicted molar refractivity (Wildman–Crippen MR) is 84.3 cm³/mol. The predicted octanol–water partition coefficient (Wildman–Crippen LogP) is 2.36. The molecule has 0 amide bonds. The van der Waals surface area contributed by atoms with Crippen LogP contribution < -0.4 is 0 Å². The Hall–Kier alpha value is -1.17. The van der Waals surface area contributed by atoms with E-state index in [1.54, 1.807) is 0 Å². The molecule has 2 aromatic rings. The van der Waals surface area contributed by atoms with E-state index in [-0.39, 0.29) is 5.78 Å². The lowest BCUT2D eigenvalue weighted by atomic mass is 10.1. The van der Waals surface area contributed by atoms with E-state index in [0.29, 0.717) is 6.54 Å². The first kappa shape index (κ1) is 13.8. The molecule has 0 atom stereocenters. The third-order valence-electron chi connectivity index (χ3n) is 3.89. The first-order chi connectivity index (χ1) is 9.63. The summed E-state index contributed by atoms with van der Waals surface area (Å²) in [4.78, 5) is 20.3. The topological polar surface area (TPSA) is 39.3 Å². The van der Waals surface area contributed by atoms with Gasteiger partial charge in [0.05, 0.1) is 12.1 Å². The van der Waals surface area contributed by atoms with Gasteiger partial charge in [-0.2, -0.15) is 0 Å². The molecule has 5 heteroatoms. The summed E-state index contributed by atoms with van der Waals surface area (Å²) >= 11 is 3.48. The minimum Gasteiger partial charge on any atom is -0.361 e. The summed E-state index contributed by atoms with van der Waals surface area (Å²) in [6.45, 7) is 4.49. The van der Waals surface area contributed by atoms with Crippen LogP contribution in [0.1, 0.15) is 10.4 Å². The van der Waals surface area contributed by atoms with Crippen LogP contribution in [0.4, 0.5) is 0 Å². The fraction of sp³-hybridized carbons (Fsp3) is 0.400. The normalized spacial score (nSPS) is 17.7. The van der Waals surface area contributed by atoms with Gasteiger partial charge in [0.1, 0.15) is 0 Å². The zero-order valence-corrected chi connectivity index (χ0v) is 13.1.